The van der Waals surface area contributed by atoms with Crippen molar-refractivity contribution < 1.29 is 9.59 Å². The minimum atomic E-state index is -0.295. The fourth-order valence-electron chi connectivity index (χ4n) is 0.883. The van der Waals surface area contributed by atoms with Gasteiger partial charge in [-0.3, -0.25) is 9.59 Å². The van der Waals surface area contributed by atoms with E-state index in [1.54, 1.807) is 0 Å². The number of hydrogen-bond donors (Lipinski definition) is 0. The third-order valence-corrected chi connectivity index (χ3v) is 2.87. The molecular formula is C9H16ClNO2S. The van der Waals surface area contributed by atoms with Crippen molar-refractivity contribution in [3.63, 3.8) is 0 Å². The molecule has 0 N–H and O–H groups in total. The van der Waals surface area contributed by atoms with Gasteiger partial charge in [-0.1, -0.05) is 13.8 Å². The number of carbonyl (C=O) groups is 2. The molecule has 1 heterocycles. The van der Waals surface area contributed by atoms with Crippen LogP contribution in [0.4, 0.5) is 0 Å². The summed E-state index contributed by atoms with van der Waals surface area (Å²) in [4.78, 5) is 20.7. The minimum absolute atomic E-state index is 0.266. The Morgan fingerprint density at radius 2 is 1.79 bits per heavy atom. The molecule has 0 saturated carbocycles. The lowest BCUT2D eigenvalue weighted by Crippen LogP contribution is -2.16. The smallest absolute Gasteiger partial charge is 0.244 e. The average Bonchev–Trinajstić information content (AvgIpc) is 2.37. The van der Waals surface area contributed by atoms with Crippen LogP contribution in [0.15, 0.2) is 0 Å². The Hall–Kier alpha value is -0.220. The SMILES string of the molecule is CSCC(C)C.O=C1CCC(=O)N1Cl. The first-order valence-corrected chi connectivity index (χ1v) is 6.22. The normalized spacial score (nSPS) is 15.9. The first-order valence-electron chi connectivity index (χ1n) is 4.49. The van der Waals surface area contributed by atoms with Gasteiger partial charge in [0.05, 0.1) is 0 Å². The van der Waals surface area contributed by atoms with Crippen LogP contribution in [0.5, 0.6) is 0 Å². The number of carbonyl (C=O) groups excluding carboxylic acids is 2. The van der Waals surface area contributed by atoms with Gasteiger partial charge in [0.2, 0.25) is 11.8 Å². The standard InChI is InChI=1S/C5H12S.C4H4ClNO2/c1-5(2)4-6-3;5-6-3(7)1-2-4(6)8/h5H,4H2,1-3H3;1-2H2. The molecule has 1 aliphatic rings. The van der Waals surface area contributed by atoms with Gasteiger partial charge in [-0.2, -0.15) is 16.2 Å². The van der Waals surface area contributed by atoms with E-state index in [0.717, 1.165) is 5.92 Å². The number of thioether (sulfide) groups is 1. The third-order valence-electron chi connectivity index (χ3n) is 1.49. The van der Waals surface area contributed by atoms with Crippen LogP contribution in [0.25, 0.3) is 0 Å². The van der Waals surface area contributed by atoms with Crippen molar-refractivity contribution >= 4 is 35.4 Å². The summed E-state index contributed by atoms with van der Waals surface area (Å²) in [5.74, 6) is 1.56. The van der Waals surface area contributed by atoms with Gasteiger partial charge >= 0.3 is 0 Å². The molecule has 0 aromatic rings. The highest BCUT2D eigenvalue weighted by atomic mass is 35.5. The van der Waals surface area contributed by atoms with Gasteiger partial charge in [0.25, 0.3) is 0 Å². The Balaban J connectivity index is 0.000000255. The van der Waals surface area contributed by atoms with Gasteiger partial charge in [0.15, 0.2) is 0 Å². The van der Waals surface area contributed by atoms with Crippen molar-refractivity contribution in [3.05, 3.63) is 0 Å². The van der Waals surface area contributed by atoms with E-state index in [4.69, 9.17) is 11.8 Å². The fourth-order valence-corrected chi connectivity index (χ4v) is 1.72. The Morgan fingerprint density at radius 1 is 1.36 bits per heavy atom. The number of rotatable bonds is 2. The number of imide groups is 1. The molecule has 0 aliphatic carbocycles. The Kier molecular flexibility index (Phi) is 7.01. The van der Waals surface area contributed by atoms with Crippen LogP contribution in [-0.2, 0) is 9.59 Å². The second-order valence-electron chi connectivity index (χ2n) is 3.42. The van der Waals surface area contributed by atoms with E-state index >= 15 is 0 Å². The lowest BCUT2D eigenvalue weighted by atomic mass is 10.3. The maximum atomic E-state index is 10.4. The number of halogens is 1. The molecule has 82 valence electrons. The molecule has 0 atom stereocenters. The zero-order chi connectivity index (χ0) is 11.1. The predicted molar refractivity (Wildman–Crippen MR) is 60.2 cm³/mol. The molecule has 0 aromatic carbocycles. The molecule has 0 bridgehead atoms. The molecule has 1 rings (SSSR count). The molecule has 0 spiro atoms. The average molecular weight is 238 g/mol. The maximum Gasteiger partial charge on any atom is 0.244 e. The molecule has 14 heavy (non-hydrogen) atoms. The van der Waals surface area contributed by atoms with Crippen LogP contribution < -0.4 is 0 Å². The van der Waals surface area contributed by atoms with Crippen LogP contribution in [-0.4, -0.2) is 28.2 Å². The maximum absolute atomic E-state index is 10.4. The minimum Gasteiger partial charge on any atom is -0.273 e. The largest absolute Gasteiger partial charge is 0.273 e. The summed E-state index contributed by atoms with van der Waals surface area (Å²) in [7, 11) is 0. The van der Waals surface area contributed by atoms with Crippen molar-refractivity contribution in [2.24, 2.45) is 5.92 Å². The van der Waals surface area contributed by atoms with Crippen LogP contribution in [0.2, 0.25) is 0 Å². The third kappa shape index (κ3) is 5.50. The number of amides is 2. The second-order valence-corrected chi connectivity index (χ2v) is 4.67. The fraction of sp³-hybridized carbons (Fsp3) is 0.778. The van der Waals surface area contributed by atoms with Crippen molar-refractivity contribution in [2.75, 3.05) is 12.0 Å². The molecular weight excluding hydrogens is 222 g/mol. The van der Waals surface area contributed by atoms with Gasteiger partial charge in [0.1, 0.15) is 0 Å². The lowest BCUT2D eigenvalue weighted by Gasteiger charge is -1.96. The van der Waals surface area contributed by atoms with Crippen LogP contribution in [0.1, 0.15) is 26.7 Å². The summed E-state index contributed by atoms with van der Waals surface area (Å²) in [6.07, 6.45) is 2.67. The molecule has 5 heteroatoms. The zero-order valence-corrected chi connectivity index (χ0v) is 10.3. The molecule has 2 amide bonds. The topological polar surface area (TPSA) is 37.4 Å². The van der Waals surface area contributed by atoms with Crippen LogP contribution >= 0.6 is 23.5 Å². The highest BCUT2D eigenvalue weighted by Crippen LogP contribution is 2.12. The molecule has 3 nitrogen and oxygen atoms in total. The van der Waals surface area contributed by atoms with Crippen LogP contribution in [0.3, 0.4) is 0 Å². The van der Waals surface area contributed by atoms with Gasteiger partial charge in [-0.15, -0.1) is 0 Å². The first-order chi connectivity index (χ1) is 6.49. The summed E-state index contributed by atoms with van der Waals surface area (Å²) < 4.78 is 0.639. The number of hydrogen-bond acceptors (Lipinski definition) is 3. The monoisotopic (exact) mass is 237 g/mol. The molecule has 0 unspecified atom stereocenters. The van der Waals surface area contributed by atoms with Crippen molar-refractivity contribution in [2.45, 2.75) is 26.7 Å². The lowest BCUT2D eigenvalue weighted by molar-refractivity contribution is -0.132. The predicted octanol–water partition coefficient (Wildman–Crippen LogP) is 2.29. The van der Waals surface area contributed by atoms with Gasteiger partial charge < -0.3 is 0 Å². The van der Waals surface area contributed by atoms with E-state index in [0.29, 0.717) is 4.42 Å². The van der Waals surface area contributed by atoms with E-state index < -0.39 is 0 Å². The molecule has 0 radical (unpaired) electrons. The second kappa shape index (κ2) is 7.12. The van der Waals surface area contributed by atoms with Crippen molar-refractivity contribution in [1.29, 1.82) is 0 Å². The highest BCUT2D eigenvalue weighted by molar-refractivity contribution is 7.98. The van der Waals surface area contributed by atoms with Gasteiger partial charge in [0, 0.05) is 24.6 Å². The van der Waals surface area contributed by atoms with E-state index in [2.05, 4.69) is 20.1 Å². The van der Waals surface area contributed by atoms with Gasteiger partial charge in [-0.25, -0.2) is 0 Å². The summed E-state index contributed by atoms with van der Waals surface area (Å²) in [5, 5.41) is 0. The summed E-state index contributed by atoms with van der Waals surface area (Å²) in [6.45, 7) is 4.47. The molecule has 1 aliphatic heterocycles. The Bertz CT molecular complexity index is 193. The van der Waals surface area contributed by atoms with E-state index in [-0.39, 0.29) is 24.7 Å². The first kappa shape index (κ1) is 13.8. The Labute approximate surface area is 94.3 Å². The summed E-state index contributed by atoms with van der Waals surface area (Å²) in [6, 6.07) is 0. The molecule has 1 fully saturated rings. The van der Waals surface area contributed by atoms with E-state index in [1.165, 1.54) is 5.75 Å². The van der Waals surface area contributed by atoms with E-state index in [9.17, 15) is 9.59 Å². The number of nitrogens with zero attached hydrogens (tertiary/aromatic N) is 1. The molecule has 1 saturated heterocycles. The molecule has 0 aromatic heterocycles. The van der Waals surface area contributed by atoms with Crippen molar-refractivity contribution in [1.82, 2.24) is 4.42 Å². The van der Waals surface area contributed by atoms with Crippen LogP contribution in [0, 0.1) is 5.92 Å². The quantitative estimate of drug-likeness (QED) is 0.546. The van der Waals surface area contributed by atoms with Gasteiger partial charge in [-0.05, 0) is 17.9 Å². The Morgan fingerprint density at radius 3 is 1.86 bits per heavy atom. The summed E-state index contributed by atoms with van der Waals surface area (Å²) in [5.41, 5.74) is 0. The highest BCUT2D eigenvalue weighted by Gasteiger charge is 2.26. The van der Waals surface area contributed by atoms with Crippen molar-refractivity contribution in [3.8, 4) is 0 Å². The zero-order valence-electron chi connectivity index (χ0n) is 8.75. The van der Waals surface area contributed by atoms with E-state index in [1.807, 2.05) is 11.8 Å². The summed E-state index contributed by atoms with van der Waals surface area (Å²) >= 11 is 7.06.